The van der Waals surface area contributed by atoms with Crippen molar-refractivity contribution >= 4 is 28.4 Å². The highest BCUT2D eigenvalue weighted by Crippen LogP contribution is 2.28. The van der Waals surface area contributed by atoms with Gasteiger partial charge in [0.25, 0.3) is 0 Å². The van der Waals surface area contributed by atoms with Crippen molar-refractivity contribution in [3.63, 3.8) is 0 Å². The van der Waals surface area contributed by atoms with Gasteiger partial charge in [-0.15, -0.1) is 0 Å². The number of ketones is 1. The second-order valence-electron chi connectivity index (χ2n) is 11.6. The van der Waals surface area contributed by atoms with Crippen molar-refractivity contribution in [1.29, 1.82) is 0 Å². The van der Waals surface area contributed by atoms with Crippen LogP contribution in [-0.4, -0.2) is 57.5 Å². The molecule has 2 N–H and O–H groups in total. The molecule has 0 bridgehead atoms. The first-order valence-corrected chi connectivity index (χ1v) is 14.0. The third-order valence-corrected chi connectivity index (χ3v) is 7.50. The molecule has 0 radical (unpaired) electrons. The summed E-state index contributed by atoms with van der Waals surface area (Å²) in [5.41, 5.74) is 4.65. The number of nitrogens with zero attached hydrogens (tertiary/aromatic N) is 3. The van der Waals surface area contributed by atoms with Crippen LogP contribution in [0.4, 0.5) is 0 Å². The number of carboxylic acid groups (broad SMARTS) is 1. The van der Waals surface area contributed by atoms with Crippen LogP contribution in [-0.2, 0) is 22.7 Å². The summed E-state index contributed by atoms with van der Waals surface area (Å²) in [4.78, 5) is 31.8. The Balaban J connectivity index is 1.97. The number of hydrogen-bond donors (Lipinski definition) is 2. The van der Waals surface area contributed by atoms with Crippen molar-refractivity contribution in [1.82, 2.24) is 19.8 Å². The lowest BCUT2D eigenvalue weighted by Gasteiger charge is -2.29. The first-order chi connectivity index (χ1) is 18.0. The Morgan fingerprint density at radius 3 is 2.45 bits per heavy atom. The zero-order valence-corrected chi connectivity index (χ0v) is 24.3. The second kappa shape index (κ2) is 13.3. The number of Topliss-reactive ketones (excluding diaryl/α,β-unsaturated/α-hetero) is 1. The lowest BCUT2D eigenvalue weighted by molar-refractivity contribution is -0.140. The summed E-state index contributed by atoms with van der Waals surface area (Å²) < 4.78 is 2.32. The van der Waals surface area contributed by atoms with Gasteiger partial charge in [0.05, 0.1) is 11.0 Å². The molecule has 1 aliphatic rings. The molecular weight excluding hydrogens is 476 g/mol. The number of rotatable bonds is 12. The second-order valence-corrected chi connectivity index (χ2v) is 11.6. The Kier molecular flexibility index (Phi) is 10.5. The average molecular weight is 523 g/mol. The van der Waals surface area contributed by atoms with Gasteiger partial charge in [0, 0.05) is 24.6 Å². The summed E-state index contributed by atoms with van der Waals surface area (Å²) in [6, 6.07) is 5.66. The van der Waals surface area contributed by atoms with E-state index in [9.17, 15) is 14.7 Å². The number of benzene rings is 1. The van der Waals surface area contributed by atoms with E-state index in [0.717, 1.165) is 66.0 Å². The number of aliphatic carboxylic acids is 1. The first kappa shape index (κ1) is 29.8. The zero-order chi connectivity index (χ0) is 28.0. The highest BCUT2D eigenvalue weighted by Gasteiger charge is 2.22. The van der Waals surface area contributed by atoms with Crippen LogP contribution >= 0.6 is 0 Å². The number of imidazole rings is 1. The molecule has 1 aromatic carbocycles. The minimum atomic E-state index is -0.819. The number of carbonyl (C=O) groups excluding carboxylic acids is 1. The predicted octanol–water partition coefficient (Wildman–Crippen LogP) is 5.54. The summed E-state index contributed by atoms with van der Waals surface area (Å²) >= 11 is 0. The van der Waals surface area contributed by atoms with E-state index in [4.69, 9.17) is 4.98 Å². The monoisotopic (exact) mass is 522 g/mol. The van der Waals surface area contributed by atoms with Crippen molar-refractivity contribution in [2.75, 3.05) is 20.1 Å². The summed E-state index contributed by atoms with van der Waals surface area (Å²) in [6.45, 7) is 15.3. The number of hydrogen-bond acceptors (Lipinski definition) is 5. The third-order valence-electron chi connectivity index (χ3n) is 7.50. The number of carbonyl (C=O) groups is 2. The molecule has 1 aliphatic heterocycles. The standard InChI is InChI=1S/C31H46N4O3/c1-8-25(16-22(6)29(36)21(4)5)30-33-26-17-24(18-32-27(31(37)38)15-20(2)3)9-10-28(26)35(30)19-23-11-13-34(7)14-12-23/h8-10,16-17,20-21,23,27,32H,11-15,18-19H2,1-7H3,(H,37,38)/b22-16-,25-8+. The van der Waals surface area contributed by atoms with Crippen LogP contribution in [0, 0.1) is 17.8 Å². The van der Waals surface area contributed by atoms with Crippen LogP contribution in [0.1, 0.15) is 72.2 Å². The molecular formula is C31H46N4O3. The van der Waals surface area contributed by atoms with Gasteiger partial charge in [-0.25, -0.2) is 4.98 Å². The normalized spacial score (nSPS) is 17.1. The van der Waals surface area contributed by atoms with Gasteiger partial charge in [-0.3, -0.25) is 9.59 Å². The van der Waals surface area contributed by atoms with Crippen LogP contribution in [0.25, 0.3) is 16.6 Å². The van der Waals surface area contributed by atoms with Crippen LogP contribution < -0.4 is 5.32 Å². The van der Waals surface area contributed by atoms with E-state index in [1.54, 1.807) is 0 Å². The van der Waals surface area contributed by atoms with Crippen molar-refractivity contribution in [2.45, 2.75) is 79.9 Å². The Morgan fingerprint density at radius 2 is 1.87 bits per heavy atom. The first-order valence-electron chi connectivity index (χ1n) is 14.0. The van der Waals surface area contributed by atoms with E-state index in [-0.39, 0.29) is 11.7 Å². The molecule has 0 saturated carbocycles. The highest BCUT2D eigenvalue weighted by atomic mass is 16.4. The maximum Gasteiger partial charge on any atom is 0.320 e. The maximum absolute atomic E-state index is 12.6. The molecule has 2 heterocycles. The molecule has 38 heavy (non-hydrogen) atoms. The topological polar surface area (TPSA) is 87.5 Å². The molecule has 3 rings (SSSR count). The van der Waals surface area contributed by atoms with E-state index in [1.807, 2.05) is 53.7 Å². The fourth-order valence-corrected chi connectivity index (χ4v) is 5.21. The van der Waals surface area contributed by atoms with E-state index < -0.39 is 12.0 Å². The third kappa shape index (κ3) is 7.64. The van der Waals surface area contributed by atoms with E-state index in [0.29, 0.717) is 24.8 Å². The van der Waals surface area contributed by atoms with Crippen molar-refractivity contribution in [3.05, 3.63) is 47.3 Å². The molecule has 1 saturated heterocycles. The number of likely N-dealkylation sites (tertiary alicyclic amines) is 1. The summed E-state index contributed by atoms with van der Waals surface area (Å²) in [5, 5.41) is 12.8. The van der Waals surface area contributed by atoms with Crippen LogP contribution in [0.3, 0.4) is 0 Å². The molecule has 0 amide bonds. The molecule has 208 valence electrons. The van der Waals surface area contributed by atoms with Gasteiger partial charge >= 0.3 is 5.97 Å². The Bertz CT molecular complexity index is 1180. The predicted molar refractivity (Wildman–Crippen MR) is 155 cm³/mol. The molecule has 0 spiro atoms. The van der Waals surface area contributed by atoms with Gasteiger partial charge in [0.2, 0.25) is 0 Å². The molecule has 1 fully saturated rings. The number of nitrogens with one attached hydrogen (secondary N) is 1. The van der Waals surface area contributed by atoms with Crippen molar-refractivity contribution < 1.29 is 14.7 Å². The average Bonchev–Trinajstić information content (AvgIpc) is 3.22. The minimum Gasteiger partial charge on any atom is -0.480 e. The van der Waals surface area contributed by atoms with Gasteiger partial charge in [0.15, 0.2) is 5.78 Å². The van der Waals surface area contributed by atoms with Crippen molar-refractivity contribution in [2.24, 2.45) is 17.8 Å². The van der Waals surface area contributed by atoms with Gasteiger partial charge in [-0.2, -0.15) is 0 Å². The van der Waals surface area contributed by atoms with Gasteiger partial charge in [-0.1, -0.05) is 39.8 Å². The molecule has 1 unspecified atom stereocenters. The van der Waals surface area contributed by atoms with Gasteiger partial charge in [-0.05, 0) is 94.4 Å². The van der Waals surface area contributed by atoms with Crippen molar-refractivity contribution in [3.8, 4) is 0 Å². The summed E-state index contributed by atoms with van der Waals surface area (Å²) in [5.74, 6) is 1.01. The minimum absolute atomic E-state index is 0.0530. The molecule has 1 aromatic heterocycles. The summed E-state index contributed by atoms with van der Waals surface area (Å²) in [6.07, 6.45) is 6.89. The largest absolute Gasteiger partial charge is 0.480 e. The summed E-state index contributed by atoms with van der Waals surface area (Å²) in [7, 11) is 2.18. The number of allylic oxidation sites excluding steroid dienone is 4. The van der Waals surface area contributed by atoms with Crippen LogP contribution in [0.5, 0.6) is 0 Å². The van der Waals surface area contributed by atoms with E-state index in [1.165, 1.54) is 0 Å². The number of fused-ring (bicyclic) bond motifs is 1. The Morgan fingerprint density at radius 1 is 1.18 bits per heavy atom. The number of aromatic nitrogens is 2. The van der Waals surface area contributed by atoms with Crippen LogP contribution in [0.15, 0.2) is 35.9 Å². The molecule has 2 aromatic rings. The fourth-order valence-electron chi connectivity index (χ4n) is 5.21. The van der Waals surface area contributed by atoms with Gasteiger partial charge < -0.3 is 19.9 Å². The van der Waals surface area contributed by atoms with E-state index >= 15 is 0 Å². The number of piperidine rings is 1. The lowest BCUT2D eigenvalue weighted by atomic mass is 9.96. The molecule has 1 atom stereocenters. The number of carboxylic acids is 1. The zero-order valence-electron chi connectivity index (χ0n) is 24.3. The van der Waals surface area contributed by atoms with Crippen LogP contribution in [0.2, 0.25) is 0 Å². The molecule has 0 aliphatic carbocycles. The quantitative estimate of drug-likeness (QED) is 0.281. The van der Waals surface area contributed by atoms with Gasteiger partial charge in [0.1, 0.15) is 11.9 Å². The molecule has 7 heteroatoms. The maximum atomic E-state index is 12.6. The SMILES string of the molecule is C/C=C(\C=C(\C)C(=O)C(C)C)c1nc2cc(CNC(CC(C)C)C(=O)O)ccc2n1CC1CCN(C)CC1. The lowest BCUT2D eigenvalue weighted by Crippen LogP contribution is -2.37. The Hall–Kier alpha value is -2.77. The molecule has 7 nitrogen and oxygen atoms in total. The van der Waals surface area contributed by atoms with E-state index in [2.05, 4.69) is 40.0 Å². The Labute approximate surface area is 228 Å². The highest BCUT2D eigenvalue weighted by molar-refractivity contribution is 5.98. The smallest absolute Gasteiger partial charge is 0.320 e. The fraction of sp³-hybridized carbons (Fsp3) is 0.581.